The number of hydrogen-bond donors (Lipinski definition) is 0. The summed E-state index contributed by atoms with van der Waals surface area (Å²) >= 11 is 3.30. The number of morpholine rings is 1. The van der Waals surface area contributed by atoms with E-state index in [0.717, 1.165) is 18.2 Å². The van der Waals surface area contributed by atoms with Crippen molar-refractivity contribution >= 4 is 21.8 Å². The van der Waals surface area contributed by atoms with Crippen molar-refractivity contribution in [1.82, 2.24) is 4.90 Å². The molecular formula is C13H14BrF2NO2. The summed E-state index contributed by atoms with van der Waals surface area (Å²) in [5.41, 5.74) is 0.0274. The second kappa shape index (κ2) is 5.96. The van der Waals surface area contributed by atoms with E-state index in [4.69, 9.17) is 4.74 Å². The topological polar surface area (TPSA) is 29.5 Å². The Labute approximate surface area is 118 Å². The van der Waals surface area contributed by atoms with Crippen LogP contribution in [0.25, 0.3) is 0 Å². The molecule has 1 aliphatic heterocycles. The Morgan fingerprint density at radius 3 is 2.63 bits per heavy atom. The van der Waals surface area contributed by atoms with Crippen molar-refractivity contribution in [2.75, 3.05) is 18.5 Å². The highest BCUT2D eigenvalue weighted by Gasteiger charge is 2.30. The van der Waals surface area contributed by atoms with Gasteiger partial charge in [-0.05, 0) is 19.1 Å². The van der Waals surface area contributed by atoms with Crippen LogP contribution in [-0.4, -0.2) is 41.4 Å². The zero-order valence-electron chi connectivity index (χ0n) is 10.4. The van der Waals surface area contributed by atoms with Crippen LogP contribution in [-0.2, 0) is 4.74 Å². The summed E-state index contributed by atoms with van der Waals surface area (Å²) in [4.78, 5) is 13.9. The van der Waals surface area contributed by atoms with E-state index in [1.165, 1.54) is 0 Å². The first-order valence-corrected chi connectivity index (χ1v) is 7.08. The Hall–Kier alpha value is -1.01. The van der Waals surface area contributed by atoms with Crippen LogP contribution in [0.4, 0.5) is 8.78 Å². The fourth-order valence-corrected chi connectivity index (χ4v) is 2.43. The SMILES string of the molecule is CC1COC(CBr)CN1C(=O)c1cc(F)cc(F)c1. The second-order valence-electron chi connectivity index (χ2n) is 4.57. The van der Waals surface area contributed by atoms with Gasteiger partial charge in [-0.1, -0.05) is 15.9 Å². The normalized spacial score (nSPS) is 23.5. The molecule has 19 heavy (non-hydrogen) atoms. The maximum atomic E-state index is 13.2. The van der Waals surface area contributed by atoms with Gasteiger partial charge in [-0.15, -0.1) is 0 Å². The van der Waals surface area contributed by atoms with Crippen LogP contribution in [0, 0.1) is 11.6 Å². The van der Waals surface area contributed by atoms with Gasteiger partial charge in [0.05, 0.1) is 18.8 Å². The third-order valence-electron chi connectivity index (χ3n) is 3.05. The summed E-state index contributed by atoms with van der Waals surface area (Å²) in [6, 6.07) is 2.74. The van der Waals surface area contributed by atoms with Crippen LogP contribution in [0.2, 0.25) is 0 Å². The van der Waals surface area contributed by atoms with Gasteiger partial charge in [0, 0.05) is 23.5 Å². The standard InChI is InChI=1S/C13H14BrF2NO2/c1-8-7-19-12(5-14)6-17(8)13(18)9-2-10(15)4-11(16)3-9/h2-4,8,12H,5-7H2,1H3. The minimum Gasteiger partial charge on any atom is -0.373 e. The molecule has 0 bridgehead atoms. The first kappa shape index (κ1) is 14.4. The Balaban J connectivity index is 2.21. The van der Waals surface area contributed by atoms with Gasteiger partial charge in [0.1, 0.15) is 11.6 Å². The van der Waals surface area contributed by atoms with Crippen molar-refractivity contribution in [1.29, 1.82) is 0 Å². The molecule has 3 nitrogen and oxygen atoms in total. The van der Waals surface area contributed by atoms with E-state index < -0.39 is 11.6 Å². The smallest absolute Gasteiger partial charge is 0.254 e. The zero-order chi connectivity index (χ0) is 14.0. The number of carbonyl (C=O) groups excluding carboxylic acids is 1. The third-order valence-corrected chi connectivity index (χ3v) is 3.77. The van der Waals surface area contributed by atoms with Crippen molar-refractivity contribution in [3.05, 3.63) is 35.4 Å². The molecule has 1 fully saturated rings. The lowest BCUT2D eigenvalue weighted by atomic mass is 10.1. The van der Waals surface area contributed by atoms with Crippen molar-refractivity contribution < 1.29 is 18.3 Å². The molecule has 1 heterocycles. The van der Waals surface area contributed by atoms with Gasteiger partial charge in [-0.2, -0.15) is 0 Å². The molecule has 0 saturated carbocycles. The molecule has 104 valence electrons. The van der Waals surface area contributed by atoms with Crippen LogP contribution in [0.1, 0.15) is 17.3 Å². The van der Waals surface area contributed by atoms with E-state index in [0.29, 0.717) is 18.5 Å². The molecule has 2 unspecified atom stereocenters. The maximum Gasteiger partial charge on any atom is 0.254 e. The van der Waals surface area contributed by atoms with E-state index in [-0.39, 0.29) is 23.6 Å². The van der Waals surface area contributed by atoms with Crippen LogP contribution in [0.15, 0.2) is 18.2 Å². The molecule has 1 aromatic carbocycles. The first-order valence-electron chi connectivity index (χ1n) is 5.96. The number of rotatable bonds is 2. The summed E-state index contributed by atoms with van der Waals surface area (Å²) in [5.74, 6) is -1.87. The maximum absolute atomic E-state index is 13.2. The van der Waals surface area contributed by atoms with Gasteiger partial charge in [-0.3, -0.25) is 4.79 Å². The van der Waals surface area contributed by atoms with Gasteiger partial charge in [0.2, 0.25) is 0 Å². The summed E-state index contributed by atoms with van der Waals surface area (Å²) in [6.45, 7) is 2.67. The van der Waals surface area contributed by atoms with Crippen molar-refractivity contribution in [2.24, 2.45) is 0 Å². The van der Waals surface area contributed by atoms with Crippen molar-refractivity contribution in [2.45, 2.75) is 19.1 Å². The summed E-state index contributed by atoms with van der Waals surface area (Å²) < 4.78 is 31.8. The highest BCUT2D eigenvalue weighted by atomic mass is 79.9. The minimum absolute atomic E-state index is 0.0274. The number of nitrogens with zero attached hydrogens (tertiary/aromatic N) is 1. The zero-order valence-corrected chi connectivity index (χ0v) is 12.0. The molecule has 2 atom stereocenters. The van der Waals surface area contributed by atoms with E-state index in [1.54, 1.807) is 4.90 Å². The van der Waals surface area contributed by atoms with Gasteiger partial charge in [0.25, 0.3) is 5.91 Å². The summed E-state index contributed by atoms with van der Waals surface area (Å²) in [5, 5.41) is 0.612. The average molecular weight is 334 g/mol. The molecule has 1 aliphatic rings. The Kier molecular flexibility index (Phi) is 4.52. The molecule has 1 amide bonds. The molecular weight excluding hydrogens is 320 g/mol. The van der Waals surface area contributed by atoms with Crippen LogP contribution < -0.4 is 0 Å². The quantitative estimate of drug-likeness (QED) is 0.778. The monoisotopic (exact) mass is 333 g/mol. The largest absolute Gasteiger partial charge is 0.373 e. The van der Waals surface area contributed by atoms with Crippen molar-refractivity contribution in [3.8, 4) is 0 Å². The number of carbonyl (C=O) groups is 1. The lowest BCUT2D eigenvalue weighted by Crippen LogP contribution is -2.51. The van der Waals surface area contributed by atoms with Crippen LogP contribution >= 0.6 is 15.9 Å². The molecule has 2 rings (SSSR count). The van der Waals surface area contributed by atoms with E-state index in [2.05, 4.69) is 15.9 Å². The van der Waals surface area contributed by atoms with Gasteiger partial charge >= 0.3 is 0 Å². The van der Waals surface area contributed by atoms with Gasteiger partial charge < -0.3 is 9.64 Å². The highest BCUT2D eigenvalue weighted by Crippen LogP contribution is 2.18. The minimum atomic E-state index is -0.749. The molecule has 0 aromatic heterocycles. The predicted molar refractivity (Wildman–Crippen MR) is 70.4 cm³/mol. The first-order chi connectivity index (χ1) is 9.01. The van der Waals surface area contributed by atoms with Crippen molar-refractivity contribution in [3.63, 3.8) is 0 Å². The number of alkyl halides is 1. The lowest BCUT2D eigenvalue weighted by molar-refractivity contribution is -0.0361. The molecule has 0 spiro atoms. The fraction of sp³-hybridized carbons (Fsp3) is 0.462. The van der Waals surface area contributed by atoms with E-state index in [1.807, 2.05) is 6.92 Å². The summed E-state index contributed by atoms with van der Waals surface area (Å²) in [6.07, 6.45) is -0.0986. The Bertz CT molecular complexity index is 463. The molecule has 0 N–H and O–H groups in total. The number of ether oxygens (including phenoxy) is 1. The predicted octanol–water partition coefficient (Wildman–Crippen LogP) is 2.59. The number of hydrogen-bond acceptors (Lipinski definition) is 2. The summed E-state index contributed by atoms with van der Waals surface area (Å²) in [7, 11) is 0. The Morgan fingerprint density at radius 2 is 2.05 bits per heavy atom. The second-order valence-corrected chi connectivity index (χ2v) is 5.22. The lowest BCUT2D eigenvalue weighted by Gasteiger charge is -2.37. The molecule has 6 heteroatoms. The average Bonchev–Trinajstić information content (AvgIpc) is 2.37. The molecule has 1 saturated heterocycles. The fourth-order valence-electron chi connectivity index (χ4n) is 2.04. The van der Waals surface area contributed by atoms with Crippen LogP contribution in [0.3, 0.4) is 0 Å². The highest BCUT2D eigenvalue weighted by molar-refractivity contribution is 9.09. The molecule has 1 aromatic rings. The number of benzene rings is 1. The van der Waals surface area contributed by atoms with Gasteiger partial charge in [0.15, 0.2) is 0 Å². The van der Waals surface area contributed by atoms with E-state index >= 15 is 0 Å². The third kappa shape index (κ3) is 3.30. The molecule has 0 aliphatic carbocycles. The Morgan fingerprint density at radius 1 is 1.42 bits per heavy atom. The molecule has 0 radical (unpaired) electrons. The number of amides is 1. The van der Waals surface area contributed by atoms with E-state index in [9.17, 15) is 13.6 Å². The van der Waals surface area contributed by atoms with Gasteiger partial charge in [-0.25, -0.2) is 8.78 Å². The van der Waals surface area contributed by atoms with Crippen LogP contribution in [0.5, 0.6) is 0 Å². The number of halogens is 3.